The van der Waals surface area contributed by atoms with Crippen LogP contribution >= 0.6 is 0 Å². The summed E-state index contributed by atoms with van der Waals surface area (Å²) < 4.78 is 5.24. The second-order valence-electron chi connectivity index (χ2n) is 4.88. The number of rotatable bonds is 3. The largest absolute Gasteiger partial charge is 0.426 e. The Hall–Kier alpha value is -1.84. The highest BCUT2D eigenvalue weighted by atomic mass is 16.5. The molecule has 0 atom stereocenters. The normalized spacial score (nSPS) is 10.8. The molecule has 1 rings (SSSR count). The van der Waals surface area contributed by atoms with Gasteiger partial charge in [0.15, 0.2) is 0 Å². The number of hydrogen-bond donors (Lipinski definition) is 1. The van der Waals surface area contributed by atoms with Gasteiger partial charge in [0.05, 0.1) is 5.41 Å². The highest BCUT2D eigenvalue weighted by molar-refractivity contribution is 5.78. The molecular formula is C13H17NO3. The average molecular weight is 235 g/mol. The van der Waals surface area contributed by atoms with Gasteiger partial charge in [-0.3, -0.25) is 9.59 Å². The van der Waals surface area contributed by atoms with E-state index in [1.807, 2.05) is 6.92 Å². The quantitative estimate of drug-likeness (QED) is 0.497. The Morgan fingerprint density at radius 2 is 2.00 bits per heavy atom. The van der Waals surface area contributed by atoms with Gasteiger partial charge < -0.3 is 10.1 Å². The van der Waals surface area contributed by atoms with Crippen molar-refractivity contribution in [3.8, 4) is 5.75 Å². The molecule has 0 spiro atoms. The summed E-state index contributed by atoms with van der Waals surface area (Å²) >= 11 is 0. The van der Waals surface area contributed by atoms with Crippen LogP contribution in [-0.2, 0) is 9.59 Å². The van der Waals surface area contributed by atoms with Crippen molar-refractivity contribution in [1.29, 1.82) is 0 Å². The van der Waals surface area contributed by atoms with Gasteiger partial charge in [-0.25, -0.2) is 0 Å². The summed E-state index contributed by atoms with van der Waals surface area (Å²) in [6.45, 7) is 7.22. The highest BCUT2D eigenvalue weighted by Gasteiger charge is 2.23. The summed E-state index contributed by atoms with van der Waals surface area (Å²) in [6.07, 6.45) is 0.614. The number of aryl methyl sites for hydroxylation is 1. The lowest BCUT2D eigenvalue weighted by molar-refractivity contribution is -0.143. The Balaban J connectivity index is 2.84. The van der Waals surface area contributed by atoms with Crippen molar-refractivity contribution in [3.63, 3.8) is 0 Å². The van der Waals surface area contributed by atoms with Crippen LogP contribution in [0.2, 0.25) is 0 Å². The fourth-order valence-corrected chi connectivity index (χ4v) is 1.19. The van der Waals surface area contributed by atoms with Crippen molar-refractivity contribution in [1.82, 2.24) is 0 Å². The molecule has 0 saturated carbocycles. The topological polar surface area (TPSA) is 55.4 Å². The Morgan fingerprint density at radius 3 is 2.47 bits per heavy atom. The lowest BCUT2D eigenvalue weighted by atomic mass is 9.97. The lowest BCUT2D eigenvalue weighted by Gasteiger charge is -2.16. The molecule has 0 unspecified atom stereocenters. The first-order valence-electron chi connectivity index (χ1n) is 5.37. The predicted octanol–water partition coefficient (Wildman–Crippen LogP) is 2.51. The van der Waals surface area contributed by atoms with Gasteiger partial charge in [-0.2, -0.15) is 0 Å². The van der Waals surface area contributed by atoms with Gasteiger partial charge >= 0.3 is 5.97 Å². The molecule has 1 aromatic carbocycles. The molecule has 0 aliphatic carbocycles. The minimum atomic E-state index is -0.534. The fourth-order valence-electron chi connectivity index (χ4n) is 1.19. The average Bonchev–Trinajstić information content (AvgIpc) is 2.21. The summed E-state index contributed by atoms with van der Waals surface area (Å²) in [5.41, 5.74) is 1.01. The van der Waals surface area contributed by atoms with Crippen LogP contribution in [-0.4, -0.2) is 12.4 Å². The van der Waals surface area contributed by atoms with Crippen LogP contribution in [0.3, 0.4) is 0 Å². The van der Waals surface area contributed by atoms with E-state index in [9.17, 15) is 9.59 Å². The van der Waals surface area contributed by atoms with Crippen molar-refractivity contribution in [3.05, 3.63) is 23.8 Å². The molecular weight excluding hydrogens is 218 g/mol. The maximum atomic E-state index is 11.7. The van der Waals surface area contributed by atoms with Crippen LogP contribution in [0.15, 0.2) is 18.2 Å². The van der Waals surface area contributed by atoms with Gasteiger partial charge in [0, 0.05) is 5.69 Å². The first kappa shape index (κ1) is 13.2. The smallest absolute Gasteiger partial charge is 0.316 e. The van der Waals surface area contributed by atoms with Crippen molar-refractivity contribution in [2.45, 2.75) is 27.7 Å². The standard InChI is InChI=1S/C13H17NO3/c1-9-7-10(5-6-11(9)14-8-15)17-12(16)13(2,3)4/h5-8H,1-4H3,(H,14,15). The number of nitrogens with one attached hydrogen (secondary N) is 1. The minimum Gasteiger partial charge on any atom is -0.426 e. The Bertz CT molecular complexity index is 433. The molecule has 4 heteroatoms. The molecule has 0 heterocycles. The highest BCUT2D eigenvalue weighted by Crippen LogP contribution is 2.23. The van der Waals surface area contributed by atoms with Gasteiger partial charge in [0.2, 0.25) is 6.41 Å². The zero-order valence-electron chi connectivity index (χ0n) is 10.5. The number of amides is 1. The van der Waals surface area contributed by atoms with Gasteiger partial charge in [-0.05, 0) is 51.5 Å². The first-order chi connectivity index (χ1) is 7.84. The molecule has 1 N–H and O–H groups in total. The summed E-state index contributed by atoms with van der Waals surface area (Å²) in [6, 6.07) is 5.08. The van der Waals surface area contributed by atoms with Crippen molar-refractivity contribution in [2.75, 3.05) is 5.32 Å². The number of hydrogen-bond acceptors (Lipinski definition) is 3. The van der Waals surface area contributed by atoms with E-state index in [-0.39, 0.29) is 5.97 Å². The molecule has 0 saturated heterocycles. The molecule has 92 valence electrons. The molecule has 0 aromatic heterocycles. The van der Waals surface area contributed by atoms with Crippen LogP contribution < -0.4 is 10.1 Å². The van der Waals surface area contributed by atoms with E-state index in [0.717, 1.165) is 5.56 Å². The number of esters is 1. The Morgan fingerprint density at radius 1 is 1.35 bits per heavy atom. The predicted molar refractivity (Wildman–Crippen MR) is 66.0 cm³/mol. The minimum absolute atomic E-state index is 0.284. The summed E-state index contributed by atoms with van der Waals surface area (Å²) in [5, 5.41) is 2.57. The summed E-state index contributed by atoms with van der Waals surface area (Å²) in [7, 11) is 0. The second kappa shape index (κ2) is 4.99. The molecule has 17 heavy (non-hydrogen) atoms. The van der Waals surface area contributed by atoms with Crippen molar-refractivity contribution >= 4 is 18.1 Å². The number of benzene rings is 1. The van der Waals surface area contributed by atoms with E-state index in [4.69, 9.17) is 4.74 Å². The van der Waals surface area contributed by atoms with Crippen molar-refractivity contribution < 1.29 is 14.3 Å². The SMILES string of the molecule is Cc1cc(OC(=O)C(C)(C)C)ccc1NC=O. The van der Waals surface area contributed by atoms with E-state index in [0.29, 0.717) is 17.8 Å². The Kier molecular flexibility index (Phi) is 3.89. The second-order valence-corrected chi connectivity index (χ2v) is 4.88. The van der Waals surface area contributed by atoms with Gasteiger partial charge in [0.1, 0.15) is 5.75 Å². The van der Waals surface area contributed by atoms with Crippen LogP contribution in [0.4, 0.5) is 5.69 Å². The van der Waals surface area contributed by atoms with E-state index < -0.39 is 5.41 Å². The molecule has 4 nitrogen and oxygen atoms in total. The van der Waals surface area contributed by atoms with E-state index in [1.54, 1.807) is 39.0 Å². The van der Waals surface area contributed by atoms with Crippen LogP contribution in [0, 0.1) is 12.3 Å². The number of anilines is 1. The molecule has 0 fully saturated rings. The van der Waals surface area contributed by atoms with Crippen LogP contribution in [0.1, 0.15) is 26.3 Å². The van der Waals surface area contributed by atoms with E-state index in [1.165, 1.54) is 0 Å². The van der Waals surface area contributed by atoms with Gasteiger partial charge in [-0.15, -0.1) is 0 Å². The number of carbonyl (C=O) groups is 2. The van der Waals surface area contributed by atoms with Crippen molar-refractivity contribution in [2.24, 2.45) is 5.41 Å². The van der Waals surface area contributed by atoms with Crippen LogP contribution in [0.5, 0.6) is 5.75 Å². The molecule has 0 aliphatic rings. The fraction of sp³-hybridized carbons (Fsp3) is 0.385. The van der Waals surface area contributed by atoms with E-state index in [2.05, 4.69) is 5.32 Å². The molecule has 0 bridgehead atoms. The summed E-state index contributed by atoms with van der Waals surface area (Å²) in [4.78, 5) is 22.0. The van der Waals surface area contributed by atoms with E-state index >= 15 is 0 Å². The Labute approximate surface area is 101 Å². The molecule has 0 aliphatic heterocycles. The van der Waals surface area contributed by atoms with Gasteiger partial charge in [-0.1, -0.05) is 0 Å². The molecule has 0 radical (unpaired) electrons. The first-order valence-corrected chi connectivity index (χ1v) is 5.37. The third-order valence-corrected chi connectivity index (χ3v) is 2.24. The zero-order chi connectivity index (χ0) is 13.1. The third-order valence-electron chi connectivity index (χ3n) is 2.24. The van der Waals surface area contributed by atoms with Crippen LogP contribution in [0.25, 0.3) is 0 Å². The number of ether oxygens (including phenoxy) is 1. The number of carbonyl (C=O) groups excluding carboxylic acids is 2. The lowest BCUT2D eigenvalue weighted by Crippen LogP contribution is -2.25. The summed E-state index contributed by atoms with van der Waals surface area (Å²) in [5.74, 6) is 0.201. The molecule has 1 aromatic rings. The van der Waals surface area contributed by atoms with Gasteiger partial charge in [0.25, 0.3) is 0 Å². The maximum Gasteiger partial charge on any atom is 0.316 e. The molecule has 1 amide bonds. The monoisotopic (exact) mass is 235 g/mol. The zero-order valence-corrected chi connectivity index (χ0v) is 10.5. The maximum absolute atomic E-state index is 11.7. The third kappa shape index (κ3) is 3.59.